The normalized spacial score (nSPS) is 12.8. The van der Waals surface area contributed by atoms with Crippen LogP contribution in [0.2, 0.25) is 0 Å². The molecule has 0 atom stereocenters. The molecule has 1 fully saturated rings. The highest BCUT2D eigenvalue weighted by Gasteiger charge is 2.29. The Morgan fingerprint density at radius 1 is 0.895 bits per heavy atom. The van der Waals surface area contributed by atoms with Crippen molar-refractivity contribution in [1.29, 1.82) is 0 Å². The van der Waals surface area contributed by atoms with Gasteiger partial charge in [-0.3, -0.25) is 9.59 Å². The predicted octanol–water partition coefficient (Wildman–Crippen LogP) is 5.32. The first-order chi connectivity index (χ1) is 18.5. The Morgan fingerprint density at radius 2 is 1.68 bits per heavy atom. The van der Waals surface area contributed by atoms with Gasteiger partial charge in [0, 0.05) is 35.5 Å². The number of benzene rings is 2. The SMILES string of the molecule is O=C(Nc1ccc(Oc2ccnc(NC(=O)C3CC3)c2)cc1)c1cc(-c2ccc(F)cc2)n2nccc2n1. The van der Waals surface area contributed by atoms with Gasteiger partial charge in [0.25, 0.3) is 5.91 Å². The average Bonchev–Trinajstić information content (AvgIpc) is 3.67. The van der Waals surface area contributed by atoms with Gasteiger partial charge >= 0.3 is 0 Å². The molecule has 6 rings (SSSR count). The standard InChI is InChI=1S/C28H21FN6O3/c29-19-5-3-17(4-6-19)24-16-23(33-26-12-14-31-35(24)26)28(37)32-20-7-9-21(10-8-20)38-22-11-13-30-25(15-22)34-27(36)18-1-2-18/h3-16,18H,1-2H2,(H,32,37)(H,30,34,36). The summed E-state index contributed by atoms with van der Waals surface area (Å²) in [6, 6.07) is 19.5. The van der Waals surface area contributed by atoms with Crippen LogP contribution in [0.5, 0.6) is 11.5 Å². The summed E-state index contributed by atoms with van der Waals surface area (Å²) in [4.78, 5) is 33.6. The lowest BCUT2D eigenvalue weighted by Gasteiger charge is -2.10. The number of fused-ring (bicyclic) bond motifs is 1. The zero-order valence-electron chi connectivity index (χ0n) is 20.0. The van der Waals surface area contributed by atoms with Crippen molar-refractivity contribution in [3.8, 4) is 22.8 Å². The van der Waals surface area contributed by atoms with Crippen LogP contribution in [0.3, 0.4) is 0 Å². The number of halogens is 1. The van der Waals surface area contributed by atoms with Gasteiger partial charge in [-0.15, -0.1) is 0 Å². The fourth-order valence-corrected chi connectivity index (χ4v) is 3.91. The number of aromatic nitrogens is 4. The topological polar surface area (TPSA) is 111 Å². The number of hydrogen-bond donors (Lipinski definition) is 2. The first-order valence-electron chi connectivity index (χ1n) is 12.0. The Balaban J connectivity index is 1.16. The van der Waals surface area contributed by atoms with Crippen LogP contribution in [0, 0.1) is 11.7 Å². The third-order valence-corrected chi connectivity index (χ3v) is 6.01. The van der Waals surface area contributed by atoms with Gasteiger partial charge in [0.2, 0.25) is 5.91 Å². The van der Waals surface area contributed by atoms with Crippen molar-refractivity contribution < 1.29 is 18.7 Å². The smallest absolute Gasteiger partial charge is 0.274 e. The van der Waals surface area contributed by atoms with E-state index in [2.05, 4.69) is 25.7 Å². The second-order valence-corrected chi connectivity index (χ2v) is 8.86. The molecule has 0 spiro atoms. The molecule has 1 aliphatic carbocycles. The van der Waals surface area contributed by atoms with Crippen LogP contribution >= 0.6 is 0 Å². The molecular weight excluding hydrogens is 487 g/mol. The van der Waals surface area contributed by atoms with Gasteiger partial charge in [0.05, 0.1) is 11.9 Å². The summed E-state index contributed by atoms with van der Waals surface area (Å²) in [6.07, 6.45) is 4.98. The molecule has 2 amide bonds. The van der Waals surface area contributed by atoms with Gasteiger partial charge in [-0.05, 0) is 73.5 Å². The summed E-state index contributed by atoms with van der Waals surface area (Å²) < 4.78 is 20.9. The Bertz CT molecular complexity index is 1650. The number of rotatable bonds is 7. The number of pyridine rings is 1. The molecule has 3 aromatic heterocycles. The molecule has 0 radical (unpaired) electrons. The van der Waals surface area contributed by atoms with Crippen molar-refractivity contribution in [1.82, 2.24) is 19.6 Å². The molecule has 188 valence electrons. The molecule has 2 aromatic carbocycles. The molecule has 1 saturated carbocycles. The van der Waals surface area contributed by atoms with Gasteiger partial charge in [-0.1, -0.05) is 0 Å². The number of carbonyl (C=O) groups excluding carboxylic acids is 2. The summed E-state index contributed by atoms with van der Waals surface area (Å²) in [5.74, 6) is 0.800. The number of ether oxygens (including phenoxy) is 1. The largest absolute Gasteiger partial charge is 0.457 e. The number of nitrogens with zero attached hydrogens (tertiary/aromatic N) is 4. The van der Waals surface area contributed by atoms with Gasteiger partial charge in [0.1, 0.15) is 28.8 Å². The van der Waals surface area contributed by atoms with E-state index in [1.807, 2.05) is 0 Å². The van der Waals surface area contributed by atoms with E-state index < -0.39 is 5.91 Å². The molecule has 5 aromatic rings. The van der Waals surface area contributed by atoms with E-state index in [-0.39, 0.29) is 23.3 Å². The second kappa shape index (κ2) is 9.74. The van der Waals surface area contributed by atoms with E-state index in [1.165, 1.54) is 12.1 Å². The van der Waals surface area contributed by atoms with Crippen molar-refractivity contribution in [2.45, 2.75) is 12.8 Å². The Hall–Kier alpha value is -5.12. The van der Waals surface area contributed by atoms with E-state index in [4.69, 9.17) is 4.74 Å². The molecule has 9 nitrogen and oxygen atoms in total. The number of amides is 2. The second-order valence-electron chi connectivity index (χ2n) is 8.86. The molecule has 10 heteroatoms. The van der Waals surface area contributed by atoms with Gasteiger partial charge in [-0.2, -0.15) is 5.10 Å². The fraction of sp³-hybridized carbons (Fsp3) is 0.107. The molecule has 0 bridgehead atoms. The van der Waals surface area contributed by atoms with Gasteiger partial charge in [-0.25, -0.2) is 18.9 Å². The third kappa shape index (κ3) is 5.05. The monoisotopic (exact) mass is 508 g/mol. The zero-order valence-corrected chi connectivity index (χ0v) is 20.0. The van der Waals surface area contributed by atoms with Crippen molar-refractivity contribution in [3.05, 3.63) is 96.7 Å². The summed E-state index contributed by atoms with van der Waals surface area (Å²) >= 11 is 0. The van der Waals surface area contributed by atoms with E-state index in [0.717, 1.165) is 12.8 Å². The first kappa shape index (κ1) is 23.3. The summed E-state index contributed by atoms with van der Waals surface area (Å²) in [5, 5.41) is 9.90. The highest BCUT2D eigenvalue weighted by Crippen LogP contribution is 2.31. The van der Waals surface area contributed by atoms with Crippen molar-refractivity contribution in [3.63, 3.8) is 0 Å². The van der Waals surface area contributed by atoms with E-state index in [0.29, 0.717) is 39.9 Å². The third-order valence-electron chi connectivity index (χ3n) is 6.01. The summed E-state index contributed by atoms with van der Waals surface area (Å²) in [5.41, 5.74) is 2.54. The minimum Gasteiger partial charge on any atom is -0.457 e. The average molecular weight is 509 g/mol. The van der Waals surface area contributed by atoms with Crippen LogP contribution in [0.15, 0.2) is 85.2 Å². The Morgan fingerprint density at radius 3 is 2.45 bits per heavy atom. The van der Waals surface area contributed by atoms with Crippen molar-refractivity contribution in [2.75, 3.05) is 10.6 Å². The summed E-state index contributed by atoms with van der Waals surface area (Å²) in [6.45, 7) is 0. The molecule has 3 heterocycles. The molecular formula is C28H21FN6O3. The molecule has 0 saturated heterocycles. The molecule has 38 heavy (non-hydrogen) atoms. The lowest BCUT2D eigenvalue weighted by atomic mass is 10.1. The number of nitrogens with one attached hydrogen (secondary N) is 2. The van der Waals surface area contributed by atoms with Crippen LogP contribution in [-0.4, -0.2) is 31.4 Å². The highest BCUT2D eigenvalue weighted by atomic mass is 19.1. The summed E-state index contributed by atoms with van der Waals surface area (Å²) in [7, 11) is 0. The van der Waals surface area contributed by atoms with Gasteiger partial charge < -0.3 is 15.4 Å². The lowest BCUT2D eigenvalue weighted by molar-refractivity contribution is -0.117. The molecule has 1 aliphatic rings. The highest BCUT2D eigenvalue weighted by molar-refractivity contribution is 6.03. The van der Waals surface area contributed by atoms with E-state index in [9.17, 15) is 14.0 Å². The maximum absolute atomic E-state index is 13.4. The fourth-order valence-electron chi connectivity index (χ4n) is 3.91. The van der Waals surface area contributed by atoms with Crippen molar-refractivity contribution >= 4 is 29.0 Å². The molecule has 2 N–H and O–H groups in total. The van der Waals surface area contributed by atoms with Crippen LogP contribution < -0.4 is 15.4 Å². The minimum absolute atomic E-state index is 0.0265. The Labute approximate surface area is 216 Å². The first-order valence-corrected chi connectivity index (χ1v) is 12.0. The maximum Gasteiger partial charge on any atom is 0.274 e. The molecule has 0 aliphatic heterocycles. The predicted molar refractivity (Wildman–Crippen MR) is 138 cm³/mol. The maximum atomic E-state index is 13.4. The molecule has 0 unspecified atom stereocenters. The van der Waals surface area contributed by atoms with Crippen LogP contribution in [0.1, 0.15) is 23.3 Å². The number of hydrogen-bond acceptors (Lipinski definition) is 6. The zero-order chi connectivity index (χ0) is 26.1. The van der Waals surface area contributed by atoms with Crippen LogP contribution in [0.4, 0.5) is 15.9 Å². The van der Waals surface area contributed by atoms with E-state index >= 15 is 0 Å². The minimum atomic E-state index is -0.407. The quantitative estimate of drug-likeness (QED) is 0.308. The van der Waals surface area contributed by atoms with Crippen molar-refractivity contribution in [2.24, 2.45) is 5.92 Å². The van der Waals surface area contributed by atoms with Crippen LogP contribution in [-0.2, 0) is 4.79 Å². The van der Waals surface area contributed by atoms with Gasteiger partial charge in [0.15, 0.2) is 5.65 Å². The number of anilines is 2. The Kier molecular flexibility index (Phi) is 5.97. The van der Waals surface area contributed by atoms with E-state index in [1.54, 1.807) is 77.6 Å². The number of carbonyl (C=O) groups is 2. The lowest BCUT2D eigenvalue weighted by Crippen LogP contribution is -2.15. The van der Waals surface area contributed by atoms with Crippen LogP contribution in [0.25, 0.3) is 16.9 Å².